The summed E-state index contributed by atoms with van der Waals surface area (Å²) < 4.78 is 1.84. The summed E-state index contributed by atoms with van der Waals surface area (Å²) in [6, 6.07) is 20.6. The third-order valence-electron chi connectivity index (χ3n) is 5.80. The predicted molar refractivity (Wildman–Crippen MR) is 147 cm³/mol. The fourth-order valence-electron chi connectivity index (χ4n) is 3.91. The second-order valence-electron chi connectivity index (χ2n) is 7.92. The van der Waals surface area contributed by atoms with Gasteiger partial charge in [-0.1, -0.05) is 30.3 Å². The number of para-hydroxylation sites is 1. The standard InChI is InChI=1S/C25H31N7O.HI/c1-26-25(27-14-12-21-8-10-23(11-9-21)32-15-5-13-29-32)28-20-24(33)31-18-16-30(17-19-31)22-6-3-2-4-7-22;/h2-11,13,15H,12,14,16-20H2,1H3,(H2,26,27,28);1H. The van der Waals surface area contributed by atoms with Crippen molar-refractivity contribution in [3.05, 3.63) is 78.6 Å². The molecular formula is C25H32IN7O. The fraction of sp³-hybridized carbons (Fsp3) is 0.320. The monoisotopic (exact) mass is 573 g/mol. The second kappa shape index (κ2) is 13.0. The number of rotatable bonds is 7. The first kappa shape index (κ1) is 25.5. The number of carbonyl (C=O) groups is 1. The Hall–Kier alpha value is -3.08. The number of anilines is 1. The molecule has 0 saturated carbocycles. The van der Waals surface area contributed by atoms with Crippen LogP contribution in [0.2, 0.25) is 0 Å². The Morgan fingerprint density at radius 1 is 0.941 bits per heavy atom. The molecule has 0 atom stereocenters. The molecule has 34 heavy (non-hydrogen) atoms. The van der Waals surface area contributed by atoms with Crippen LogP contribution in [0.5, 0.6) is 0 Å². The highest BCUT2D eigenvalue weighted by Gasteiger charge is 2.21. The molecule has 0 spiro atoms. The Bertz CT molecular complexity index is 1030. The number of piperazine rings is 1. The molecule has 0 aliphatic carbocycles. The first-order valence-corrected chi connectivity index (χ1v) is 11.3. The van der Waals surface area contributed by atoms with Crippen molar-refractivity contribution in [1.82, 2.24) is 25.3 Å². The third-order valence-corrected chi connectivity index (χ3v) is 5.80. The molecule has 1 fully saturated rings. The number of aliphatic imine (C=N–C) groups is 1. The number of nitrogens with one attached hydrogen (secondary N) is 2. The number of carbonyl (C=O) groups excluding carboxylic acids is 1. The van der Waals surface area contributed by atoms with Gasteiger partial charge in [-0.3, -0.25) is 9.79 Å². The molecule has 0 unspecified atom stereocenters. The molecule has 8 nitrogen and oxygen atoms in total. The van der Waals surface area contributed by atoms with Crippen molar-refractivity contribution < 1.29 is 4.79 Å². The van der Waals surface area contributed by atoms with Crippen LogP contribution in [0, 0.1) is 0 Å². The zero-order valence-corrected chi connectivity index (χ0v) is 21.8. The normalized spacial score (nSPS) is 13.9. The molecule has 1 aromatic heterocycles. The lowest BCUT2D eigenvalue weighted by Crippen LogP contribution is -2.52. The van der Waals surface area contributed by atoms with Gasteiger partial charge < -0.3 is 20.4 Å². The van der Waals surface area contributed by atoms with Crippen molar-refractivity contribution in [3.63, 3.8) is 0 Å². The average molecular weight is 573 g/mol. The van der Waals surface area contributed by atoms with Crippen molar-refractivity contribution in [2.75, 3.05) is 51.2 Å². The van der Waals surface area contributed by atoms with Crippen LogP contribution in [0.15, 0.2) is 78.0 Å². The van der Waals surface area contributed by atoms with Crippen molar-refractivity contribution in [1.29, 1.82) is 0 Å². The first-order valence-electron chi connectivity index (χ1n) is 11.3. The van der Waals surface area contributed by atoms with Crippen LogP contribution < -0.4 is 15.5 Å². The van der Waals surface area contributed by atoms with E-state index in [1.807, 2.05) is 40.0 Å². The number of halogens is 1. The predicted octanol–water partition coefficient (Wildman–Crippen LogP) is 2.55. The number of benzene rings is 2. The molecule has 180 valence electrons. The molecular weight excluding hydrogens is 541 g/mol. The maximum Gasteiger partial charge on any atom is 0.242 e. The minimum atomic E-state index is 0. The Morgan fingerprint density at radius 2 is 1.68 bits per heavy atom. The van der Waals surface area contributed by atoms with E-state index in [1.165, 1.54) is 11.3 Å². The quantitative estimate of drug-likeness (QED) is 0.258. The van der Waals surface area contributed by atoms with E-state index >= 15 is 0 Å². The lowest BCUT2D eigenvalue weighted by molar-refractivity contribution is -0.130. The highest BCUT2D eigenvalue weighted by atomic mass is 127. The number of nitrogens with zero attached hydrogens (tertiary/aromatic N) is 5. The van der Waals surface area contributed by atoms with Gasteiger partial charge in [-0.25, -0.2) is 4.68 Å². The van der Waals surface area contributed by atoms with Crippen LogP contribution in [-0.2, 0) is 11.2 Å². The highest BCUT2D eigenvalue weighted by Crippen LogP contribution is 2.15. The van der Waals surface area contributed by atoms with Crippen LogP contribution >= 0.6 is 24.0 Å². The van der Waals surface area contributed by atoms with Crippen molar-refractivity contribution in [2.45, 2.75) is 6.42 Å². The molecule has 0 radical (unpaired) electrons. The summed E-state index contributed by atoms with van der Waals surface area (Å²) in [5.41, 5.74) is 3.47. The average Bonchev–Trinajstić information content (AvgIpc) is 3.42. The van der Waals surface area contributed by atoms with Crippen LogP contribution in [0.4, 0.5) is 5.69 Å². The molecule has 2 heterocycles. The molecule has 9 heteroatoms. The van der Waals surface area contributed by atoms with Crippen LogP contribution in [-0.4, -0.2) is 72.9 Å². The summed E-state index contributed by atoms with van der Waals surface area (Å²) in [5.74, 6) is 0.735. The summed E-state index contributed by atoms with van der Waals surface area (Å²) in [6.45, 7) is 4.13. The highest BCUT2D eigenvalue weighted by molar-refractivity contribution is 14.0. The zero-order valence-electron chi connectivity index (χ0n) is 19.4. The van der Waals surface area contributed by atoms with Gasteiger partial charge in [0.15, 0.2) is 5.96 Å². The summed E-state index contributed by atoms with van der Waals surface area (Å²) in [7, 11) is 1.72. The van der Waals surface area contributed by atoms with E-state index in [4.69, 9.17) is 0 Å². The van der Waals surface area contributed by atoms with Gasteiger partial charge in [-0.2, -0.15) is 5.10 Å². The Kier molecular flexibility index (Phi) is 9.75. The van der Waals surface area contributed by atoms with Crippen LogP contribution in [0.1, 0.15) is 5.56 Å². The van der Waals surface area contributed by atoms with E-state index in [-0.39, 0.29) is 36.4 Å². The second-order valence-corrected chi connectivity index (χ2v) is 7.92. The smallest absolute Gasteiger partial charge is 0.242 e. The van der Waals surface area contributed by atoms with Gasteiger partial charge in [0.1, 0.15) is 0 Å². The van der Waals surface area contributed by atoms with E-state index in [0.717, 1.165) is 44.8 Å². The summed E-state index contributed by atoms with van der Waals surface area (Å²) in [5, 5.41) is 10.7. The molecule has 0 bridgehead atoms. The molecule has 4 rings (SSSR count). The first-order chi connectivity index (χ1) is 16.2. The van der Waals surface area contributed by atoms with Gasteiger partial charge >= 0.3 is 0 Å². The molecule has 1 saturated heterocycles. The number of amides is 1. The van der Waals surface area contributed by atoms with Crippen LogP contribution in [0.3, 0.4) is 0 Å². The lowest BCUT2D eigenvalue weighted by atomic mass is 10.1. The SMILES string of the molecule is CN=C(NCCc1ccc(-n2cccn2)cc1)NCC(=O)N1CCN(c2ccccc2)CC1.I. The van der Waals surface area contributed by atoms with E-state index in [9.17, 15) is 4.79 Å². The van der Waals surface area contributed by atoms with Gasteiger partial charge in [0.05, 0.1) is 12.2 Å². The van der Waals surface area contributed by atoms with Gasteiger partial charge in [0.2, 0.25) is 5.91 Å². The van der Waals surface area contributed by atoms with E-state index in [0.29, 0.717) is 5.96 Å². The largest absolute Gasteiger partial charge is 0.368 e. The van der Waals surface area contributed by atoms with Gasteiger partial charge in [0.25, 0.3) is 0 Å². The molecule has 1 aliphatic heterocycles. The molecule has 2 N–H and O–H groups in total. The van der Waals surface area contributed by atoms with E-state index in [2.05, 4.69) is 62.0 Å². The molecule has 3 aromatic rings. The minimum absolute atomic E-state index is 0. The zero-order chi connectivity index (χ0) is 22.9. The van der Waals surface area contributed by atoms with Crippen molar-refractivity contribution >= 4 is 41.5 Å². The number of aromatic nitrogens is 2. The summed E-state index contributed by atoms with van der Waals surface area (Å²) in [4.78, 5) is 21.1. The third kappa shape index (κ3) is 6.96. The Balaban J connectivity index is 0.00000324. The van der Waals surface area contributed by atoms with Crippen LogP contribution in [0.25, 0.3) is 5.69 Å². The molecule has 1 amide bonds. The molecule has 1 aliphatic rings. The van der Waals surface area contributed by atoms with Gasteiger partial charge in [-0.15, -0.1) is 24.0 Å². The number of hydrogen-bond donors (Lipinski definition) is 2. The minimum Gasteiger partial charge on any atom is -0.368 e. The maximum absolute atomic E-state index is 12.6. The number of guanidine groups is 1. The summed E-state index contributed by atoms with van der Waals surface area (Å²) >= 11 is 0. The van der Waals surface area contributed by atoms with E-state index in [1.54, 1.807) is 13.2 Å². The van der Waals surface area contributed by atoms with Crippen molar-refractivity contribution in [3.8, 4) is 5.69 Å². The number of hydrogen-bond acceptors (Lipinski definition) is 4. The van der Waals surface area contributed by atoms with Crippen molar-refractivity contribution in [2.24, 2.45) is 4.99 Å². The maximum atomic E-state index is 12.6. The Morgan fingerprint density at radius 3 is 2.32 bits per heavy atom. The fourth-order valence-corrected chi connectivity index (χ4v) is 3.91. The molecule has 2 aromatic carbocycles. The van der Waals surface area contributed by atoms with E-state index < -0.39 is 0 Å². The summed E-state index contributed by atoms with van der Waals surface area (Å²) in [6.07, 6.45) is 4.55. The van der Waals surface area contributed by atoms with Gasteiger partial charge in [-0.05, 0) is 42.3 Å². The lowest BCUT2D eigenvalue weighted by Gasteiger charge is -2.36. The topological polar surface area (TPSA) is 77.8 Å². The Labute approximate surface area is 218 Å². The van der Waals surface area contributed by atoms with Gasteiger partial charge in [0, 0.05) is 57.9 Å².